The number of benzene rings is 1. The Kier molecular flexibility index (Phi) is 4.49. The van der Waals surface area contributed by atoms with Gasteiger partial charge in [-0.15, -0.1) is 11.8 Å². The van der Waals surface area contributed by atoms with E-state index in [9.17, 15) is 9.59 Å². The van der Waals surface area contributed by atoms with Crippen LogP contribution in [-0.4, -0.2) is 47.4 Å². The topological polar surface area (TPSA) is 51.5 Å². The molecule has 3 rings (SSSR count). The number of rotatable bonds is 3. The van der Waals surface area contributed by atoms with Crippen LogP contribution in [0, 0.1) is 0 Å². The van der Waals surface area contributed by atoms with Gasteiger partial charge in [-0.2, -0.15) is 0 Å². The summed E-state index contributed by atoms with van der Waals surface area (Å²) in [6, 6.07) is 9.37. The monoisotopic (exact) mass is 318 g/mol. The maximum absolute atomic E-state index is 12.2. The average Bonchev–Trinajstić information content (AvgIpc) is 2.57. The Morgan fingerprint density at radius 1 is 1.27 bits per heavy atom. The number of morpholine rings is 1. The van der Waals surface area contributed by atoms with E-state index in [0.717, 1.165) is 15.8 Å². The molecular weight excluding hydrogens is 300 g/mol. The highest BCUT2D eigenvalue weighted by Gasteiger charge is 2.17. The highest BCUT2D eigenvalue weighted by molar-refractivity contribution is 8.00. The molecule has 1 saturated heterocycles. The molecule has 0 saturated carbocycles. The van der Waals surface area contributed by atoms with Gasteiger partial charge in [-0.3, -0.25) is 9.59 Å². The summed E-state index contributed by atoms with van der Waals surface area (Å²) in [7, 11) is 1.76. The van der Waals surface area contributed by atoms with E-state index < -0.39 is 0 Å². The Morgan fingerprint density at radius 2 is 2.00 bits per heavy atom. The van der Waals surface area contributed by atoms with Crippen molar-refractivity contribution in [3.63, 3.8) is 0 Å². The number of pyridine rings is 1. The van der Waals surface area contributed by atoms with Crippen molar-refractivity contribution in [2.24, 2.45) is 7.05 Å². The fourth-order valence-electron chi connectivity index (χ4n) is 2.54. The lowest BCUT2D eigenvalue weighted by molar-refractivity contribution is -0.132. The second-order valence-corrected chi connectivity index (χ2v) is 6.22. The van der Waals surface area contributed by atoms with Crippen molar-refractivity contribution in [1.82, 2.24) is 9.47 Å². The van der Waals surface area contributed by atoms with E-state index in [0.29, 0.717) is 32.1 Å². The molecule has 1 aliphatic rings. The summed E-state index contributed by atoms with van der Waals surface area (Å²) >= 11 is 1.43. The molecule has 6 heteroatoms. The minimum atomic E-state index is -0.0555. The van der Waals surface area contributed by atoms with E-state index >= 15 is 0 Å². The van der Waals surface area contributed by atoms with Gasteiger partial charge in [-0.1, -0.05) is 18.2 Å². The smallest absolute Gasteiger partial charge is 0.251 e. The molecule has 0 bridgehead atoms. The number of nitrogens with zero attached hydrogens (tertiary/aromatic N) is 2. The highest BCUT2D eigenvalue weighted by Crippen LogP contribution is 2.26. The fourth-order valence-corrected chi connectivity index (χ4v) is 3.52. The van der Waals surface area contributed by atoms with Gasteiger partial charge in [-0.05, 0) is 6.07 Å². The summed E-state index contributed by atoms with van der Waals surface area (Å²) in [6.07, 6.45) is 0. The highest BCUT2D eigenvalue weighted by atomic mass is 32.2. The molecule has 0 radical (unpaired) electrons. The molecule has 1 fully saturated rings. The van der Waals surface area contributed by atoms with Gasteiger partial charge in [0.25, 0.3) is 5.56 Å². The zero-order valence-corrected chi connectivity index (χ0v) is 13.3. The summed E-state index contributed by atoms with van der Waals surface area (Å²) in [5, 5.41) is 1.00. The zero-order chi connectivity index (χ0) is 15.5. The molecule has 1 aromatic carbocycles. The summed E-state index contributed by atoms with van der Waals surface area (Å²) in [5.74, 6) is 0.440. The average molecular weight is 318 g/mol. The van der Waals surface area contributed by atoms with Gasteiger partial charge in [0, 0.05) is 36.5 Å². The molecule has 1 aliphatic heterocycles. The first kappa shape index (κ1) is 15.1. The molecule has 2 heterocycles. The second-order valence-electron chi connectivity index (χ2n) is 5.20. The third kappa shape index (κ3) is 3.03. The normalized spacial score (nSPS) is 15.2. The Labute approximate surface area is 132 Å². The number of amides is 1. The molecule has 2 aromatic rings. The fraction of sp³-hybridized carbons (Fsp3) is 0.375. The summed E-state index contributed by atoms with van der Waals surface area (Å²) in [4.78, 5) is 26.9. The van der Waals surface area contributed by atoms with Crippen molar-refractivity contribution in [3.05, 3.63) is 40.7 Å². The second kappa shape index (κ2) is 6.54. The van der Waals surface area contributed by atoms with Crippen LogP contribution < -0.4 is 5.56 Å². The number of hydrogen-bond donors (Lipinski definition) is 0. The lowest BCUT2D eigenvalue weighted by Crippen LogP contribution is -2.41. The van der Waals surface area contributed by atoms with Crippen LogP contribution in [0.2, 0.25) is 0 Å². The van der Waals surface area contributed by atoms with Crippen LogP contribution in [-0.2, 0) is 16.6 Å². The summed E-state index contributed by atoms with van der Waals surface area (Å²) < 4.78 is 6.88. The van der Waals surface area contributed by atoms with Crippen molar-refractivity contribution >= 4 is 28.6 Å². The van der Waals surface area contributed by atoms with Gasteiger partial charge >= 0.3 is 0 Å². The number of thioether (sulfide) groups is 1. The molecule has 5 nitrogen and oxygen atoms in total. The Bertz CT molecular complexity index is 751. The van der Waals surface area contributed by atoms with E-state index in [1.54, 1.807) is 17.7 Å². The Morgan fingerprint density at radius 3 is 2.77 bits per heavy atom. The van der Waals surface area contributed by atoms with Gasteiger partial charge in [0.1, 0.15) is 0 Å². The molecular formula is C16H18N2O3S. The summed E-state index contributed by atoms with van der Waals surface area (Å²) in [6.45, 7) is 2.50. The largest absolute Gasteiger partial charge is 0.378 e. The van der Waals surface area contributed by atoms with Crippen LogP contribution in [0.4, 0.5) is 0 Å². The van der Waals surface area contributed by atoms with E-state index in [4.69, 9.17) is 4.74 Å². The van der Waals surface area contributed by atoms with Crippen LogP contribution in [0.15, 0.2) is 40.0 Å². The van der Waals surface area contributed by atoms with Crippen LogP contribution in [0.25, 0.3) is 10.9 Å². The van der Waals surface area contributed by atoms with E-state index in [1.807, 2.05) is 29.2 Å². The number of ether oxygens (including phenoxy) is 1. The molecule has 0 N–H and O–H groups in total. The van der Waals surface area contributed by atoms with Crippen molar-refractivity contribution in [1.29, 1.82) is 0 Å². The molecule has 0 aliphatic carbocycles. The van der Waals surface area contributed by atoms with Crippen LogP contribution >= 0.6 is 11.8 Å². The van der Waals surface area contributed by atoms with Crippen molar-refractivity contribution in [2.45, 2.75) is 4.90 Å². The van der Waals surface area contributed by atoms with E-state index in [2.05, 4.69) is 0 Å². The molecule has 22 heavy (non-hydrogen) atoms. The van der Waals surface area contributed by atoms with Crippen molar-refractivity contribution in [2.75, 3.05) is 32.1 Å². The quantitative estimate of drug-likeness (QED) is 0.805. The lowest BCUT2D eigenvalue weighted by Gasteiger charge is -2.26. The van der Waals surface area contributed by atoms with Crippen LogP contribution in [0.5, 0.6) is 0 Å². The number of para-hydroxylation sites is 1. The zero-order valence-electron chi connectivity index (χ0n) is 12.4. The SMILES string of the molecule is Cn1c(=O)cc(SCC(=O)N2CCOCC2)c2ccccc21. The minimum Gasteiger partial charge on any atom is -0.378 e. The number of carbonyl (C=O) groups is 1. The number of carbonyl (C=O) groups excluding carboxylic acids is 1. The first-order valence-corrected chi connectivity index (χ1v) is 8.22. The number of hydrogen-bond acceptors (Lipinski definition) is 4. The molecule has 1 amide bonds. The number of fused-ring (bicyclic) bond motifs is 1. The lowest BCUT2D eigenvalue weighted by atomic mass is 10.2. The van der Waals surface area contributed by atoms with Gasteiger partial charge in [0.2, 0.25) is 5.91 Å². The van der Waals surface area contributed by atoms with E-state index in [1.165, 1.54) is 11.8 Å². The van der Waals surface area contributed by atoms with Crippen LogP contribution in [0.3, 0.4) is 0 Å². The van der Waals surface area contributed by atoms with Gasteiger partial charge in [-0.25, -0.2) is 0 Å². The van der Waals surface area contributed by atoms with E-state index in [-0.39, 0.29) is 11.5 Å². The Balaban J connectivity index is 1.80. The van der Waals surface area contributed by atoms with Crippen molar-refractivity contribution in [3.8, 4) is 0 Å². The first-order valence-electron chi connectivity index (χ1n) is 7.24. The summed E-state index contributed by atoms with van der Waals surface area (Å²) in [5.41, 5.74) is 0.830. The number of aryl methyl sites for hydroxylation is 1. The maximum atomic E-state index is 12.2. The van der Waals surface area contributed by atoms with Gasteiger partial charge in [0.05, 0.1) is 24.5 Å². The molecule has 0 unspecified atom stereocenters. The van der Waals surface area contributed by atoms with Gasteiger partial charge in [0.15, 0.2) is 0 Å². The third-order valence-corrected chi connectivity index (χ3v) is 4.87. The van der Waals surface area contributed by atoms with Crippen molar-refractivity contribution < 1.29 is 9.53 Å². The predicted molar refractivity (Wildman–Crippen MR) is 87.3 cm³/mol. The standard InChI is InChI=1S/C16H18N2O3S/c1-17-13-5-3-2-4-12(13)14(10-15(17)19)22-11-16(20)18-6-8-21-9-7-18/h2-5,10H,6-9,11H2,1H3. The van der Waals surface area contributed by atoms with Crippen LogP contribution in [0.1, 0.15) is 0 Å². The molecule has 0 spiro atoms. The van der Waals surface area contributed by atoms with Gasteiger partial charge < -0.3 is 14.2 Å². The maximum Gasteiger partial charge on any atom is 0.251 e. The third-order valence-electron chi connectivity index (χ3n) is 3.83. The number of aromatic nitrogens is 1. The molecule has 0 atom stereocenters. The minimum absolute atomic E-state index is 0.0555. The first-order chi connectivity index (χ1) is 10.7. The predicted octanol–water partition coefficient (Wildman–Crippen LogP) is 1.49. The molecule has 1 aromatic heterocycles. The Hall–Kier alpha value is -1.79. The molecule has 116 valence electrons.